The van der Waals surface area contributed by atoms with Gasteiger partial charge >= 0.3 is 5.97 Å². The van der Waals surface area contributed by atoms with Crippen molar-refractivity contribution in [1.29, 1.82) is 5.26 Å². The second-order valence-electron chi connectivity index (χ2n) is 6.84. The largest absolute Gasteiger partial charge is 0.464 e. The van der Waals surface area contributed by atoms with E-state index in [1.54, 1.807) is 6.92 Å². The van der Waals surface area contributed by atoms with Crippen LogP contribution in [0, 0.1) is 25.2 Å². The Labute approximate surface area is 171 Å². The lowest BCUT2D eigenvalue weighted by molar-refractivity contribution is -0.147. The maximum Gasteiger partial charge on any atom is 0.328 e. The monoisotopic (exact) mass is 396 g/mol. The van der Waals surface area contributed by atoms with Gasteiger partial charge in [0.05, 0.1) is 31.3 Å². The minimum atomic E-state index is -0.717. The number of esters is 1. The van der Waals surface area contributed by atoms with Crippen LogP contribution in [0.15, 0.2) is 30.3 Å². The summed E-state index contributed by atoms with van der Waals surface area (Å²) in [6, 6.07) is 10.9. The molecule has 1 aromatic carbocycles. The first-order valence-corrected chi connectivity index (χ1v) is 9.86. The molecular formula is C22H28N4O3. The molecule has 2 aromatic rings. The van der Waals surface area contributed by atoms with Gasteiger partial charge in [0.15, 0.2) is 0 Å². The molecular weight excluding hydrogens is 368 g/mol. The zero-order valence-corrected chi connectivity index (χ0v) is 17.3. The van der Waals surface area contributed by atoms with Gasteiger partial charge in [0.1, 0.15) is 6.04 Å². The van der Waals surface area contributed by atoms with Gasteiger partial charge in [0.2, 0.25) is 5.91 Å². The molecule has 1 atom stereocenters. The molecule has 0 aliphatic carbocycles. The number of nitrogens with one attached hydrogen (secondary N) is 1. The van der Waals surface area contributed by atoms with Crippen molar-refractivity contribution < 1.29 is 14.3 Å². The van der Waals surface area contributed by atoms with Crippen LogP contribution in [0.1, 0.15) is 42.3 Å². The summed E-state index contributed by atoms with van der Waals surface area (Å²) in [5.41, 5.74) is 3.79. The Morgan fingerprint density at radius 1 is 1.28 bits per heavy atom. The van der Waals surface area contributed by atoms with E-state index in [1.165, 1.54) is 0 Å². The molecule has 154 valence electrons. The van der Waals surface area contributed by atoms with E-state index in [0.29, 0.717) is 25.8 Å². The van der Waals surface area contributed by atoms with Crippen molar-refractivity contribution in [3.05, 3.63) is 52.8 Å². The maximum absolute atomic E-state index is 12.5. The number of nitrogens with zero attached hydrogens (tertiary/aromatic N) is 3. The molecule has 7 heteroatoms. The summed E-state index contributed by atoms with van der Waals surface area (Å²) >= 11 is 0. The smallest absolute Gasteiger partial charge is 0.328 e. The number of ether oxygens (including phenoxy) is 1. The first-order valence-electron chi connectivity index (χ1n) is 9.86. The highest BCUT2D eigenvalue weighted by atomic mass is 16.5. The van der Waals surface area contributed by atoms with Crippen molar-refractivity contribution in [2.75, 3.05) is 6.61 Å². The lowest BCUT2D eigenvalue weighted by Crippen LogP contribution is -2.43. The maximum atomic E-state index is 12.5. The lowest BCUT2D eigenvalue weighted by Gasteiger charge is -2.17. The van der Waals surface area contributed by atoms with Crippen LogP contribution in [0.4, 0.5) is 0 Å². The summed E-state index contributed by atoms with van der Waals surface area (Å²) in [7, 11) is 0. The summed E-state index contributed by atoms with van der Waals surface area (Å²) in [4.78, 5) is 24.8. The third-order valence-corrected chi connectivity index (χ3v) is 4.76. The highest BCUT2D eigenvalue weighted by molar-refractivity contribution is 5.84. The fraction of sp³-hybridized carbons (Fsp3) is 0.455. The predicted molar refractivity (Wildman–Crippen MR) is 109 cm³/mol. The third-order valence-electron chi connectivity index (χ3n) is 4.76. The van der Waals surface area contributed by atoms with Crippen molar-refractivity contribution in [1.82, 2.24) is 15.1 Å². The highest BCUT2D eigenvalue weighted by Crippen LogP contribution is 2.16. The minimum Gasteiger partial charge on any atom is -0.464 e. The lowest BCUT2D eigenvalue weighted by atomic mass is 10.0. The Balaban J connectivity index is 2.00. The SMILES string of the molecule is CCOC(=O)C(Cc1ccccc1)NC(=O)CCc1c(C)nn(CCC#N)c1C. The molecule has 0 spiro atoms. The number of benzene rings is 1. The number of hydrogen-bond acceptors (Lipinski definition) is 5. The second-order valence-corrected chi connectivity index (χ2v) is 6.84. The molecule has 7 nitrogen and oxygen atoms in total. The molecule has 1 N–H and O–H groups in total. The Morgan fingerprint density at radius 3 is 2.66 bits per heavy atom. The Hall–Kier alpha value is -3.14. The first-order chi connectivity index (χ1) is 14.0. The molecule has 1 aromatic heterocycles. The Kier molecular flexibility index (Phi) is 8.41. The van der Waals surface area contributed by atoms with Gasteiger partial charge < -0.3 is 10.1 Å². The van der Waals surface area contributed by atoms with Crippen LogP contribution < -0.4 is 5.32 Å². The number of hydrogen-bond donors (Lipinski definition) is 1. The average molecular weight is 396 g/mol. The molecule has 0 saturated carbocycles. The number of rotatable bonds is 10. The van der Waals surface area contributed by atoms with Gasteiger partial charge in [-0.25, -0.2) is 4.79 Å². The van der Waals surface area contributed by atoms with E-state index < -0.39 is 12.0 Å². The van der Waals surface area contributed by atoms with Crippen LogP contribution in [-0.4, -0.2) is 34.3 Å². The zero-order chi connectivity index (χ0) is 21.2. The van der Waals surface area contributed by atoms with E-state index in [-0.39, 0.29) is 18.9 Å². The molecule has 1 amide bonds. The van der Waals surface area contributed by atoms with Gasteiger partial charge in [-0.15, -0.1) is 0 Å². The van der Waals surface area contributed by atoms with Crippen molar-refractivity contribution in [3.8, 4) is 6.07 Å². The molecule has 0 aliphatic rings. The van der Waals surface area contributed by atoms with Crippen LogP contribution in [-0.2, 0) is 33.7 Å². The van der Waals surface area contributed by atoms with Gasteiger partial charge in [-0.1, -0.05) is 30.3 Å². The average Bonchev–Trinajstić information content (AvgIpc) is 2.98. The number of nitriles is 1. The fourth-order valence-electron chi connectivity index (χ4n) is 3.26. The van der Waals surface area contributed by atoms with Crippen molar-refractivity contribution in [3.63, 3.8) is 0 Å². The van der Waals surface area contributed by atoms with Gasteiger partial charge in [0, 0.05) is 18.5 Å². The molecule has 0 fully saturated rings. The number of amides is 1. The van der Waals surface area contributed by atoms with E-state index in [0.717, 1.165) is 22.5 Å². The molecule has 0 radical (unpaired) electrons. The summed E-state index contributed by atoms with van der Waals surface area (Å²) in [6.45, 7) is 6.40. The quantitative estimate of drug-likeness (QED) is 0.623. The summed E-state index contributed by atoms with van der Waals surface area (Å²) in [5, 5.41) is 16.0. The number of aryl methyl sites for hydroxylation is 2. The standard InChI is InChI=1S/C22H28N4O3/c1-4-29-22(28)20(15-18-9-6-5-7-10-18)24-21(27)12-11-19-16(2)25-26(17(19)3)14-8-13-23/h5-7,9-10,20H,4,8,11-12,14-15H2,1-3H3,(H,24,27). The number of carbonyl (C=O) groups is 2. The summed E-state index contributed by atoms with van der Waals surface area (Å²) < 4.78 is 6.93. The molecule has 1 heterocycles. The van der Waals surface area contributed by atoms with E-state index in [2.05, 4.69) is 16.5 Å². The van der Waals surface area contributed by atoms with Crippen molar-refractivity contribution in [2.24, 2.45) is 0 Å². The fourth-order valence-corrected chi connectivity index (χ4v) is 3.26. The van der Waals surface area contributed by atoms with Gasteiger partial charge in [-0.2, -0.15) is 10.4 Å². The number of carbonyl (C=O) groups excluding carboxylic acids is 2. The minimum absolute atomic E-state index is 0.206. The van der Waals surface area contributed by atoms with Crippen molar-refractivity contribution >= 4 is 11.9 Å². The van der Waals surface area contributed by atoms with E-state index >= 15 is 0 Å². The van der Waals surface area contributed by atoms with E-state index in [4.69, 9.17) is 10.00 Å². The topological polar surface area (TPSA) is 97.0 Å². The second kappa shape index (κ2) is 11.0. The van der Waals surface area contributed by atoms with E-state index in [9.17, 15) is 9.59 Å². The van der Waals surface area contributed by atoms with Crippen LogP contribution >= 0.6 is 0 Å². The van der Waals surface area contributed by atoms with Crippen molar-refractivity contribution in [2.45, 2.75) is 59.0 Å². The summed E-state index contributed by atoms with van der Waals surface area (Å²) in [5.74, 6) is -0.635. The Morgan fingerprint density at radius 2 is 2.00 bits per heavy atom. The molecule has 1 unspecified atom stereocenters. The number of aromatic nitrogens is 2. The summed E-state index contributed by atoms with van der Waals surface area (Å²) in [6.07, 6.45) is 1.55. The highest BCUT2D eigenvalue weighted by Gasteiger charge is 2.23. The first kappa shape index (κ1) is 22.2. The Bertz CT molecular complexity index is 868. The molecule has 0 aliphatic heterocycles. The van der Waals surface area contributed by atoms with Gasteiger partial charge in [-0.3, -0.25) is 9.48 Å². The van der Waals surface area contributed by atoms with Crippen LogP contribution in [0.25, 0.3) is 0 Å². The van der Waals surface area contributed by atoms with Crippen LogP contribution in [0.3, 0.4) is 0 Å². The van der Waals surface area contributed by atoms with Crippen LogP contribution in [0.2, 0.25) is 0 Å². The van der Waals surface area contributed by atoms with Crippen LogP contribution in [0.5, 0.6) is 0 Å². The van der Waals surface area contributed by atoms with Gasteiger partial charge in [0.25, 0.3) is 0 Å². The normalized spacial score (nSPS) is 11.5. The zero-order valence-electron chi connectivity index (χ0n) is 17.3. The predicted octanol–water partition coefficient (Wildman–Crippen LogP) is 2.64. The molecule has 0 saturated heterocycles. The third kappa shape index (κ3) is 6.46. The molecule has 29 heavy (non-hydrogen) atoms. The molecule has 2 rings (SSSR count). The van der Waals surface area contributed by atoms with E-state index in [1.807, 2.05) is 48.9 Å². The molecule has 0 bridgehead atoms. The van der Waals surface area contributed by atoms with Gasteiger partial charge in [-0.05, 0) is 38.3 Å².